The third kappa shape index (κ3) is 6.99. The van der Waals surface area contributed by atoms with Gasteiger partial charge >= 0.3 is 13.5 Å². The largest absolute Gasteiger partial charge is 0.465 e. The van der Waals surface area contributed by atoms with Crippen molar-refractivity contribution in [2.45, 2.75) is 19.8 Å². The van der Waals surface area contributed by atoms with E-state index in [2.05, 4.69) is 5.09 Å². The van der Waals surface area contributed by atoms with Gasteiger partial charge in [-0.05, 0) is 18.6 Å². The summed E-state index contributed by atoms with van der Waals surface area (Å²) in [7, 11) is -3.06. The van der Waals surface area contributed by atoms with Crippen LogP contribution in [0.15, 0.2) is 30.3 Å². The number of hydrogen-bond donors (Lipinski definition) is 1. The lowest BCUT2D eigenvalue weighted by molar-refractivity contribution is -0.142. The van der Waals surface area contributed by atoms with Gasteiger partial charge in [0.2, 0.25) is 0 Å². The summed E-state index contributed by atoms with van der Waals surface area (Å²) in [5.41, 5.74) is 0. The minimum absolute atomic E-state index is 0.121. The first-order valence-electron chi connectivity index (χ1n) is 6.26. The van der Waals surface area contributed by atoms with Crippen LogP contribution in [0.3, 0.4) is 0 Å². The van der Waals surface area contributed by atoms with Crippen LogP contribution in [0.2, 0.25) is 0 Å². The third-order valence-corrected chi connectivity index (χ3v) is 3.59. The molecule has 0 aromatic heterocycles. The predicted molar refractivity (Wildman–Crippen MR) is 74.5 cm³/mol. The Balaban J connectivity index is 2.34. The summed E-state index contributed by atoms with van der Waals surface area (Å²) in [5.74, 6) is 0.0763. The highest BCUT2D eigenvalue weighted by atomic mass is 31.2. The van der Waals surface area contributed by atoms with E-state index in [9.17, 15) is 9.36 Å². The molecular weight excluding hydrogens is 265 g/mol. The molecule has 0 aliphatic heterocycles. The molecular formula is C13H20NO4P. The Morgan fingerprint density at radius 1 is 1.32 bits per heavy atom. The van der Waals surface area contributed by atoms with Crippen molar-refractivity contribution in [1.82, 2.24) is 5.09 Å². The molecule has 0 aliphatic carbocycles. The lowest BCUT2D eigenvalue weighted by Gasteiger charge is -2.15. The van der Waals surface area contributed by atoms with Crippen LogP contribution >= 0.6 is 7.52 Å². The zero-order valence-corrected chi connectivity index (χ0v) is 12.2. The molecule has 1 unspecified atom stereocenters. The molecule has 1 aromatic carbocycles. The lowest BCUT2D eigenvalue weighted by Crippen LogP contribution is -2.24. The summed E-state index contributed by atoms with van der Waals surface area (Å²) in [4.78, 5) is 11.4. The molecule has 106 valence electrons. The van der Waals surface area contributed by atoms with Gasteiger partial charge in [0.25, 0.3) is 0 Å². The summed E-state index contributed by atoms with van der Waals surface area (Å²) in [6, 6.07) is 8.82. The molecule has 0 spiro atoms. The highest BCUT2D eigenvalue weighted by Gasteiger charge is 2.18. The Bertz CT molecular complexity index is 436. The summed E-state index contributed by atoms with van der Waals surface area (Å²) < 4.78 is 22.3. The number of benzene rings is 1. The van der Waals surface area contributed by atoms with E-state index < -0.39 is 13.5 Å². The van der Waals surface area contributed by atoms with Gasteiger partial charge in [-0.25, -0.2) is 5.09 Å². The van der Waals surface area contributed by atoms with Crippen LogP contribution in [0, 0.1) is 0 Å². The Hall–Kier alpha value is -1.32. The smallest absolute Gasteiger partial charge is 0.320 e. The molecule has 1 aromatic rings. The van der Waals surface area contributed by atoms with Crippen LogP contribution in [0.1, 0.15) is 19.8 Å². The molecule has 0 fully saturated rings. The van der Waals surface area contributed by atoms with Gasteiger partial charge in [0.1, 0.15) is 12.3 Å². The molecule has 0 saturated heterocycles. The number of carbonyl (C=O) groups excluding carboxylic acids is 1. The van der Waals surface area contributed by atoms with Gasteiger partial charge in [-0.1, -0.05) is 31.5 Å². The number of nitrogens with one attached hydrogen (secondary N) is 1. The fourth-order valence-corrected chi connectivity index (χ4v) is 2.31. The Morgan fingerprint density at radius 3 is 2.63 bits per heavy atom. The number of esters is 1. The second-order valence-corrected chi connectivity index (χ2v) is 6.35. The van der Waals surface area contributed by atoms with Crippen molar-refractivity contribution in [1.29, 1.82) is 0 Å². The molecule has 5 nitrogen and oxygen atoms in total. The first-order valence-corrected chi connectivity index (χ1v) is 8.33. The van der Waals surface area contributed by atoms with E-state index in [1.54, 1.807) is 24.3 Å². The second-order valence-electron chi connectivity index (χ2n) is 4.16. The monoisotopic (exact) mass is 285 g/mol. The highest BCUT2D eigenvalue weighted by molar-refractivity contribution is 7.56. The van der Waals surface area contributed by atoms with E-state index in [0.717, 1.165) is 12.8 Å². The van der Waals surface area contributed by atoms with Gasteiger partial charge in [-0.15, -0.1) is 0 Å². The van der Waals surface area contributed by atoms with Gasteiger partial charge in [-0.3, -0.25) is 9.36 Å². The number of para-hydroxylation sites is 1. The maximum absolute atomic E-state index is 12.1. The molecule has 19 heavy (non-hydrogen) atoms. The molecule has 0 radical (unpaired) electrons. The zero-order chi connectivity index (χ0) is 14.1. The molecule has 1 rings (SSSR count). The highest BCUT2D eigenvalue weighted by Crippen LogP contribution is 2.38. The van der Waals surface area contributed by atoms with Crippen molar-refractivity contribution in [3.8, 4) is 5.75 Å². The van der Waals surface area contributed by atoms with Crippen molar-refractivity contribution < 1.29 is 18.6 Å². The minimum atomic E-state index is -3.06. The molecule has 1 N–H and O–H groups in total. The van der Waals surface area contributed by atoms with Crippen molar-refractivity contribution in [2.24, 2.45) is 0 Å². The maximum atomic E-state index is 12.1. The fourth-order valence-electron chi connectivity index (χ4n) is 1.30. The molecule has 0 amide bonds. The van der Waals surface area contributed by atoms with Crippen LogP contribution in [0.25, 0.3) is 0 Å². The number of carbonyl (C=O) groups is 1. The van der Waals surface area contributed by atoms with Gasteiger partial charge in [0.15, 0.2) is 0 Å². The lowest BCUT2D eigenvalue weighted by atomic mass is 10.3. The van der Waals surface area contributed by atoms with E-state index in [4.69, 9.17) is 9.26 Å². The topological polar surface area (TPSA) is 64.6 Å². The van der Waals surface area contributed by atoms with E-state index >= 15 is 0 Å². The van der Waals surface area contributed by atoms with Crippen LogP contribution in [0.5, 0.6) is 5.75 Å². The van der Waals surface area contributed by atoms with Crippen molar-refractivity contribution in [3.05, 3.63) is 30.3 Å². The molecule has 6 heteroatoms. The van der Waals surface area contributed by atoms with Crippen molar-refractivity contribution >= 4 is 13.5 Å². The first kappa shape index (κ1) is 15.7. The average Bonchev–Trinajstić information content (AvgIpc) is 2.38. The third-order valence-electron chi connectivity index (χ3n) is 2.29. The Kier molecular flexibility index (Phi) is 6.60. The Labute approximate surface area is 113 Å². The molecule has 1 atom stereocenters. The van der Waals surface area contributed by atoms with Crippen LogP contribution in [-0.4, -0.2) is 25.8 Å². The molecule has 0 bridgehead atoms. The number of rotatable bonds is 8. The van der Waals surface area contributed by atoms with Gasteiger partial charge < -0.3 is 9.26 Å². The summed E-state index contributed by atoms with van der Waals surface area (Å²) in [6.45, 7) is 3.72. The number of ether oxygens (including phenoxy) is 1. The van der Waals surface area contributed by atoms with Crippen molar-refractivity contribution in [2.75, 3.05) is 19.8 Å². The molecule has 0 aliphatic rings. The van der Waals surface area contributed by atoms with Crippen LogP contribution in [-0.2, 0) is 14.1 Å². The fraction of sp³-hybridized carbons (Fsp3) is 0.462. The standard InChI is InChI=1S/C13H20NO4P/c1-3-4-10-17-13(15)11-14-19(2,16)18-12-8-6-5-7-9-12/h5-9H,3-4,10-11H2,1-2H3,(H,14,16). The van der Waals surface area contributed by atoms with E-state index in [1.165, 1.54) is 6.66 Å². The van der Waals surface area contributed by atoms with Gasteiger partial charge in [0.05, 0.1) is 6.61 Å². The maximum Gasteiger partial charge on any atom is 0.320 e. The number of hydrogen-bond acceptors (Lipinski definition) is 4. The van der Waals surface area contributed by atoms with Gasteiger partial charge in [0, 0.05) is 6.66 Å². The van der Waals surface area contributed by atoms with Crippen LogP contribution in [0.4, 0.5) is 0 Å². The zero-order valence-electron chi connectivity index (χ0n) is 11.3. The predicted octanol–water partition coefficient (Wildman–Crippen LogP) is 2.82. The van der Waals surface area contributed by atoms with E-state index in [1.807, 2.05) is 13.0 Å². The van der Waals surface area contributed by atoms with Crippen molar-refractivity contribution in [3.63, 3.8) is 0 Å². The molecule has 0 heterocycles. The summed E-state index contributed by atoms with van der Waals surface area (Å²) in [5, 5.41) is 2.59. The second kappa shape index (κ2) is 7.97. The quantitative estimate of drug-likeness (QED) is 0.452. The summed E-state index contributed by atoms with van der Waals surface area (Å²) >= 11 is 0. The summed E-state index contributed by atoms with van der Waals surface area (Å²) in [6.07, 6.45) is 1.79. The van der Waals surface area contributed by atoms with Crippen LogP contribution < -0.4 is 9.61 Å². The first-order chi connectivity index (χ1) is 9.03. The SMILES string of the molecule is CCCCOC(=O)CNP(C)(=O)Oc1ccccc1. The van der Waals surface area contributed by atoms with Gasteiger partial charge in [-0.2, -0.15) is 0 Å². The number of unbranched alkanes of at least 4 members (excludes halogenated alkanes) is 1. The molecule has 0 saturated carbocycles. The van der Waals surface area contributed by atoms with E-state index in [0.29, 0.717) is 12.4 Å². The average molecular weight is 285 g/mol. The van der Waals surface area contributed by atoms with E-state index in [-0.39, 0.29) is 6.54 Å². The minimum Gasteiger partial charge on any atom is -0.465 e. The Morgan fingerprint density at radius 2 is 2.00 bits per heavy atom. The normalized spacial score (nSPS) is 13.6.